The Morgan fingerprint density at radius 1 is 0.800 bits per heavy atom. The minimum atomic E-state index is 0. The summed E-state index contributed by atoms with van der Waals surface area (Å²) in [5, 5.41) is 0.913. The van der Waals surface area contributed by atoms with Crippen LogP contribution in [-0.4, -0.2) is 14.2 Å². The van der Waals surface area contributed by atoms with Gasteiger partial charge in [-0.3, -0.25) is 0 Å². The highest BCUT2D eigenvalue weighted by Crippen LogP contribution is 2.44. The third kappa shape index (κ3) is 2.44. The highest BCUT2D eigenvalue weighted by atomic mass is 35.5. The van der Waals surface area contributed by atoms with E-state index in [0.29, 0.717) is 21.5 Å². The molecule has 2 nitrogen and oxygen atoms in total. The van der Waals surface area contributed by atoms with Crippen molar-refractivity contribution in [3.8, 4) is 11.5 Å². The van der Waals surface area contributed by atoms with Gasteiger partial charge in [-0.15, -0.1) is 12.4 Å². The monoisotopic (exact) mass is 270 g/mol. The first kappa shape index (κ1) is 14.7. The molecular formula is C10H13Cl3O2. The number of hydrogen-bond acceptors (Lipinski definition) is 2. The van der Waals surface area contributed by atoms with Crippen LogP contribution in [0.25, 0.3) is 0 Å². The van der Waals surface area contributed by atoms with Gasteiger partial charge in [0.05, 0.1) is 19.2 Å². The fraction of sp³-hybridized carbons (Fsp3) is 0.400. The van der Waals surface area contributed by atoms with Gasteiger partial charge in [0.15, 0.2) is 11.5 Å². The molecule has 0 bridgehead atoms. The van der Waals surface area contributed by atoms with Crippen LogP contribution in [0, 0.1) is 13.8 Å². The second-order valence-electron chi connectivity index (χ2n) is 2.94. The van der Waals surface area contributed by atoms with Crippen LogP contribution in [0.15, 0.2) is 0 Å². The number of hydrogen-bond donors (Lipinski definition) is 0. The zero-order valence-corrected chi connectivity index (χ0v) is 11.3. The molecule has 0 atom stereocenters. The molecule has 0 unspecified atom stereocenters. The smallest absolute Gasteiger partial charge is 0.181 e. The molecule has 0 fully saturated rings. The van der Waals surface area contributed by atoms with E-state index in [4.69, 9.17) is 32.7 Å². The van der Waals surface area contributed by atoms with Crippen LogP contribution < -0.4 is 9.47 Å². The zero-order chi connectivity index (χ0) is 10.9. The fourth-order valence-electron chi connectivity index (χ4n) is 1.30. The SMILES string of the molecule is COc1c(C)c(C)c(Cl)c(Cl)c1OC.Cl. The van der Waals surface area contributed by atoms with E-state index in [0.717, 1.165) is 11.1 Å². The van der Waals surface area contributed by atoms with Crippen molar-refractivity contribution in [1.29, 1.82) is 0 Å². The summed E-state index contributed by atoms with van der Waals surface area (Å²) in [5.41, 5.74) is 1.85. The van der Waals surface area contributed by atoms with Crippen LogP contribution in [-0.2, 0) is 0 Å². The first-order valence-corrected chi connectivity index (χ1v) is 4.86. The van der Waals surface area contributed by atoms with E-state index >= 15 is 0 Å². The summed E-state index contributed by atoms with van der Waals surface area (Å²) in [6.07, 6.45) is 0. The lowest BCUT2D eigenvalue weighted by atomic mass is 10.1. The summed E-state index contributed by atoms with van der Waals surface area (Å²) in [5.74, 6) is 1.13. The van der Waals surface area contributed by atoms with Crippen LogP contribution in [0.2, 0.25) is 10.0 Å². The summed E-state index contributed by atoms with van der Waals surface area (Å²) >= 11 is 12.0. The minimum Gasteiger partial charge on any atom is -0.493 e. The summed E-state index contributed by atoms with van der Waals surface area (Å²) in [4.78, 5) is 0. The molecule has 0 saturated heterocycles. The van der Waals surface area contributed by atoms with Gasteiger partial charge < -0.3 is 9.47 Å². The first-order valence-electron chi connectivity index (χ1n) is 4.10. The molecule has 0 aromatic heterocycles. The Labute approximate surface area is 106 Å². The normalized spacial score (nSPS) is 9.47. The van der Waals surface area contributed by atoms with E-state index in [1.165, 1.54) is 7.11 Å². The second kappa shape index (κ2) is 5.69. The van der Waals surface area contributed by atoms with Crippen molar-refractivity contribution in [2.75, 3.05) is 14.2 Å². The Morgan fingerprint density at radius 2 is 1.27 bits per heavy atom. The number of rotatable bonds is 2. The molecule has 0 radical (unpaired) electrons. The van der Waals surface area contributed by atoms with Gasteiger partial charge in [-0.2, -0.15) is 0 Å². The maximum atomic E-state index is 6.03. The highest BCUT2D eigenvalue weighted by Gasteiger charge is 2.18. The highest BCUT2D eigenvalue weighted by molar-refractivity contribution is 6.43. The van der Waals surface area contributed by atoms with E-state index in [1.807, 2.05) is 13.8 Å². The third-order valence-electron chi connectivity index (χ3n) is 2.24. The molecular weight excluding hydrogens is 258 g/mol. The molecule has 86 valence electrons. The largest absolute Gasteiger partial charge is 0.493 e. The average molecular weight is 272 g/mol. The van der Waals surface area contributed by atoms with Gasteiger partial charge in [-0.1, -0.05) is 23.2 Å². The Morgan fingerprint density at radius 3 is 1.67 bits per heavy atom. The summed E-state index contributed by atoms with van der Waals surface area (Å²) in [6, 6.07) is 0. The number of methoxy groups -OCH3 is 2. The summed E-state index contributed by atoms with van der Waals surface area (Å²) in [6.45, 7) is 3.81. The fourth-order valence-corrected chi connectivity index (χ4v) is 1.83. The molecule has 0 amide bonds. The van der Waals surface area contributed by atoms with Crippen LogP contribution in [0.5, 0.6) is 11.5 Å². The standard InChI is InChI=1S/C10H12Cl2O2.ClH/c1-5-6(2)9(13-3)10(14-4)8(12)7(5)11;/h1-4H3;1H. The Balaban J connectivity index is 0.00000196. The number of benzene rings is 1. The van der Waals surface area contributed by atoms with Crippen molar-refractivity contribution in [3.05, 3.63) is 21.2 Å². The molecule has 0 spiro atoms. The van der Waals surface area contributed by atoms with E-state index in [2.05, 4.69) is 0 Å². The van der Waals surface area contributed by atoms with E-state index in [1.54, 1.807) is 7.11 Å². The topological polar surface area (TPSA) is 18.5 Å². The Kier molecular flexibility index (Phi) is 5.57. The van der Waals surface area contributed by atoms with Gasteiger partial charge in [0.2, 0.25) is 0 Å². The molecule has 0 aliphatic rings. The molecule has 1 aromatic rings. The van der Waals surface area contributed by atoms with E-state index in [9.17, 15) is 0 Å². The zero-order valence-electron chi connectivity index (χ0n) is 8.98. The van der Waals surface area contributed by atoms with Crippen LogP contribution in [0.4, 0.5) is 0 Å². The van der Waals surface area contributed by atoms with Crippen molar-refractivity contribution < 1.29 is 9.47 Å². The van der Waals surface area contributed by atoms with Gasteiger partial charge in [0.1, 0.15) is 5.02 Å². The van der Waals surface area contributed by atoms with Crippen molar-refractivity contribution in [3.63, 3.8) is 0 Å². The molecule has 5 heteroatoms. The lowest BCUT2D eigenvalue weighted by Crippen LogP contribution is -1.97. The quantitative estimate of drug-likeness (QED) is 0.808. The van der Waals surface area contributed by atoms with Gasteiger partial charge in [0, 0.05) is 0 Å². The van der Waals surface area contributed by atoms with Crippen LogP contribution >= 0.6 is 35.6 Å². The third-order valence-corrected chi connectivity index (χ3v) is 3.17. The van der Waals surface area contributed by atoms with Crippen molar-refractivity contribution in [2.45, 2.75) is 13.8 Å². The average Bonchev–Trinajstić information content (AvgIpc) is 2.20. The van der Waals surface area contributed by atoms with Gasteiger partial charge in [0.25, 0.3) is 0 Å². The van der Waals surface area contributed by atoms with Gasteiger partial charge in [-0.25, -0.2) is 0 Å². The Bertz CT molecular complexity index is 329. The van der Waals surface area contributed by atoms with Gasteiger partial charge in [-0.05, 0) is 25.0 Å². The van der Waals surface area contributed by atoms with E-state index < -0.39 is 0 Å². The summed E-state index contributed by atoms with van der Waals surface area (Å²) < 4.78 is 10.4. The predicted octanol–water partition coefficient (Wildman–Crippen LogP) is 4.05. The van der Waals surface area contributed by atoms with Crippen LogP contribution in [0.3, 0.4) is 0 Å². The molecule has 15 heavy (non-hydrogen) atoms. The van der Waals surface area contributed by atoms with Gasteiger partial charge >= 0.3 is 0 Å². The first-order chi connectivity index (χ1) is 6.54. The predicted molar refractivity (Wildman–Crippen MR) is 66.3 cm³/mol. The van der Waals surface area contributed by atoms with E-state index in [-0.39, 0.29) is 12.4 Å². The van der Waals surface area contributed by atoms with Crippen molar-refractivity contribution in [2.24, 2.45) is 0 Å². The molecule has 0 N–H and O–H groups in total. The summed E-state index contributed by atoms with van der Waals surface area (Å²) in [7, 11) is 3.11. The second-order valence-corrected chi connectivity index (χ2v) is 3.70. The number of ether oxygens (including phenoxy) is 2. The molecule has 0 aliphatic heterocycles. The lowest BCUT2D eigenvalue weighted by molar-refractivity contribution is 0.353. The maximum absolute atomic E-state index is 6.03. The molecule has 0 saturated carbocycles. The molecule has 1 rings (SSSR count). The Hall–Kier alpha value is -0.310. The van der Waals surface area contributed by atoms with Crippen molar-refractivity contribution in [1.82, 2.24) is 0 Å². The minimum absolute atomic E-state index is 0. The molecule has 0 aliphatic carbocycles. The van der Waals surface area contributed by atoms with Crippen LogP contribution in [0.1, 0.15) is 11.1 Å². The molecule has 1 aromatic carbocycles. The van der Waals surface area contributed by atoms with Crippen molar-refractivity contribution >= 4 is 35.6 Å². The molecule has 0 heterocycles. The number of halogens is 3. The maximum Gasteiger partial charge on any atom is 0.181 e. The lowest BCUT2D eigenvalue weighted by Gasteiger charge is -2.15.